The monoisotopic (exact) mass is 366 g/mol. The van der Waals surface area contributed by atoms with Crippen molar-refractivity contribution in [1.82, 2.24) is 10.2 Å². The number of rotatable bonds is 9. The molecule has 0 aliphatic rings. The van der Waals surface area contributed by atoms with Gasteiger partial charge < -0.3 is 10.2 Å². The molecule has 0 radical (unpaired) electrons. The third-order valence-corrected chi connectivity index (χ3v) is 4.86. The number of benzene rings is 2. The minimum Gasteiger partial charge on any atom is -0.357 e. The minimum atomic E-state index is -0.427. The molecule has 1 N–H and O–H groups in total. The molecule has 27 heavy (non-hydrogen) atoms. The Balaban J connectivity index is 2.07. The molecule has 0 fully saturated rings. The molecule has 144 valence electrons. The third-order valence-electron chi connectivity index (χ3n) is 4.86. The summed E-state index contributed by atoms with van der Waals surface area (Å²) in [6.45, 7) is 4.54. The molecule has 0 aromatic heterocycles. The first-order valence-electron chi connectivity index (χ1n) is 9.65. The minimum absolute atomic E-state index is 0.0296. The molecule has 2 amide bonds. The van der Waals surface area contributed by atoms with E-state index in [1.165, 1.54) is 11.1 Å². The zero-order chi connectivity index (χ0) is 19.6. The molecule has 0 spiro atoms. The van der Waals surface area contributed by atoms with Gasteiger partial charge in [0.2, 0.25) is 11.8 Å². The van der Waals surface area contributed by atoms with Crippen molar-refractivity contribution in [2.24, 2.45) is 0 Å². The SMILES string of the molecule is CC[C@H](C(=O)NC)N(CCc1ccccc1)C(=O)CCc1ccc(C)cc1. The summed E-state index contributed by atoms with van der Waals surface area (Å²) in [6, 6.07) is 17.9. The van der Waals surface area contributed by atoms with Gasteiger partial charge in [-0.25, -0.2) is 0 Å². The number of hydrogen-bond donors (Lipinski definition) is 1. The molecule has 0 aliphatic heterocycles. The van der Waals surface area contributed by atoms with Crippen LogP contribution in [0.3, 0.4) is 0 Å². The van der Waals surface area contributed by atoms with Gasteiger partial charge in [-0.15, -0.1) is 0 Å². The first kappa shape index (κ1) is 20.7. The smallest absolute Gasteiger partial charge is 0.242 e. The van der Waals surface area contributed by atoms with E-state index >= 15 is 0 Å². The average molecular weight is 367 g/mol. The highest BCUT2D eigenvalue weighted by molar-refractivity contribution is 5.87. The predicted octanol–water partition coefficient (Wildman–Crippen LogP) is 3.52. The maximum Gasteiger partial charge on any atom is 0.242 e. The van der Waals surface area contributed by atoms with Gasteiger partial charge in [-0.05, 0) is 37.3 Å². The molecule has 0 unspecified atom stereocenters. The largest absolute Gasteiger partial charge is 0.357 e. The number of carbonyl (C=O) groups excluding carboxylic acids is 2. The van der Waals surface area contributed by atoms with Crippen LogP contribution >= 0.6 is 0 Å². The normalized spacial score (nSPS) is 11.7. The molecule has 0 saturated heterocycles. The highest BCUT2D eigenvalue weighted by Gasteiger charge is 2.27. The molecular formula is C23H30N2O2. The van der Waals surface area contributed by atoms with Crippen molar-refractivity contribution in [2.45, 2.75) is 45.6 Å². The van der Waals surface area contributed by atoms with E-state index in [-0.39, 0.29) is 11.8 Å². The molecule has 4 nitrogen and oxygen atoms in total. The van der Waals surface area contributed by atoms with Crippen LogP contribution in [0, 0.1) is 6.92 Å². The number of likely N-dealkylation sites (N-methyl/N-ethyl adjacent to an activating group) is 1. The van der Waals surface area contributed by atoms with Gasteiger partial charge in [0.1, 0.15) is 6.04 Å². The summed E-state index contributed by atoms with van der Waals surface area (Å²) in [4.78, 5) is 27.0. The summed E-state index contributed by atoms with van der Waals surface area (Å²) < 4.78 is 0. The Labute approximate surface area is 162 Å². The first-order valence-corrected chi connectivity index (χ1v) is 9.65. The lowest BCUT2D eigenvalue weighted by molar-refractivity contribution is -0.140. The van der Waals surface area contributed by atoms with Gasteiger partial charge in [-0.3, -0.25) is 9.59 Å². The second-order valence-electron chi connectivity index (χ2n) is 6.85. The molecule has 4 heteroatoms. The number of carbonyl (C=O) groups is 2. The van der Waals surface area contributed by atoms with E-state index in [1.807, 2.05) is 25.1 Å². The molecule has 2 aromatic carbocycles. The van der Waals surface area contributed by atoms with E-state index in [4.69, 9.17) is 0 Å². The molecular weight excluding hydrogens is 336 g/mol. The molecule has 0 aliphatic carbocycles. The van der Waals surface area contributed by atoms with Gasteiger partial charge in [-0.1, -0.05) is 67.1 Å². The summed E-state index contributed by atoms with van der Waals surface area (Å²) in [5.41, 5.74) is 3.52. The second-order valence-corrected chi connectivity index (χ2v) is 6.85. The third kappa shape index (κ3) is 6.24. The number of hydrogen-bond acceptors (Lipinski definition) is 2. The average Bonchev–Trinajstić information content (AvgIpc) is 2.70. The van der Waals surface area contributed by atoms with Crippen molar-refractivity contribution in [3.05, 3.63) is 71.3 Å². The van der Waals surface area contributed by atoms with E-state index in [1.54, 1.807) is 11.9 Å². The first-order chi connectivity index (χ1) is 13.0. The van der Waals surface area contributed by atoms with Gasteiger partial charge in [0.25, 0.3) is 0 Å². The number of nitrogens with one attached hydrogen (secondary N) is 1. The van der Waals surface area contributed by atoms with E-state index < -0.39 is 6.04 Å². The number of aryl methyl sites for hydroxylation is 2. The maximum atomic E-state index is 13.0. The van der Waals surface area contributed by atoms with E-state index in [0.717, 1.165) is 12.0 Å². The summed E-state index contributed by atoms with van der Waals surface area (Å²) in [6.07, 6.45) is 2.44. The highest BCUT2D eigenvalue weighted by atomic mass is 16.2. The molecule has 2 rings (SSSR count). The van der Waals surface area contributed by atoms with Crippen LogP contribution in [-0.4, -0.2) is 36.3 Å². The van der Waals surface area contributed by atoms with Gasteiger partial charge in [-0.2, -0.15) is 0 Å². The van der Waals surface area contributed by atoms with Crippen LogP contribution < -0.4 is 5.32 Å². The number of nitrogens with zero attached hydrogens (tertiary/aromatic N) is 1. The van der Waals surface area contributed by atoms with Crippen LogP contribution in [-0.2, 0) is 22.4 Å². The van der Waals surface area contributed by atoms with Gasteiger partial charge in [0.15, 0.2) is 0 Å². The fourth-order valence-electron chi connectivity index (χ4n) is 3.21. The second kappa shape index (κ2) is 10.5. The Morgan fingerprint density at radius 2 is 1.59 bits per heavy atom. The molecule has 0 heterocycles. The molecule has 0 bridgehead atoms. The zero-order valence-electron chi connectivity index (χ0n) is 16.6. The molecule has 0 saturated carbocycles. The predicted molar refractivity (Wildman–Crippen MR) is 110 cm³/mol. The van der Waals surface area contributed by atoms with Crippen LogP contribution in [0.2, 0.25) is 0 Å². The van der Waals surface area contributed by atoms with Crippen LogP contribution in [0.15, 0.2) is 54.6 Å². The molecule has 2 aromatic rings. The lowest BCUT2D eigenvalue weighted by Gasteiger charge is -2.30. The van der Waals surface area contributed by atoms with Crippen LogP contribution in [0.4, 0.5) is 0 Å². The highest BCUT2D eigenvalue weighted by Crippen LogP contribution is 2.13. The maximum absolute atomic E-state index is 13.0. The van der Waals surface area contributed by atoms with Gasteiger partial charge >= 0.3 is 0 Å². The Bertz CT molecular complexity index is 726. The van der Waals surface area contributed by atoms with Crippen molar-refractivity contribution >= 4 is 11.8 Å². The van der Waals surface area contributed by atoms with E-state index in [2.05, 4.69) is 48.6 Å². The van der Waals surface area contributed by atoms with Crippen molar-refractivity contribution in [3.8, 4) is 0 Å². The quantitative estimate of drug-likeness (QED) is 0.738. The van der Waals surface area contributed by atoms with Gasteiger partial charge in [0.05, 0.1) is 0 Å². The fraction of sp³-hybridized carbons (Fsp3) is 0.391. The summed E-state index contributed by atoms with van der Waals surface area (Å²) in [7, 11) is 1.62. The van der Waals surface area contributed by atoms with Crippen molar-refractivity contribution in [3.63, 3.8) is 0 Å². The van der Waals surface area contributed by atoms with E-state index in [9.17, 15) is 9.59 Å². The van der Waals surface area contributed by atoms with Crippen molar-refractivity contribution in [2.75, 3.05) is 13.6 Å². The summed E-state index contributed by atoms with van der Waals surface area (Å²) in [5, 5.41) is 2.70. The Morgan fingerprint density at radius 1 is 0.963 bits per heavy atom. The van der Waals surface area contributed by atoms with Crippen LogP contribution in [0.5, 0.6) is 0 Å². The van der Waals surface area contributed by atoms with Crippen LogP contribution in [0.1, 0.15) is 36.5 Å². The van der Waals surface area contributed by atoms with Crippen LogP contribution in [0.25, 0.3) is 0 Å². The standard InChI is InChI=1S/C23H30N2O2/c1-4-21(23(27)24-3)25(17-16-19-8-6-5-7-9-19)22(26)15-14-20-12-10-18(2)11-13-20/h5-13,21H,4,14-17H2,1-3H3,(H,24,27)/t21-/m1/s1. The van der Waals surface area contributed by atoms with E-state index in [0.29, 0.717) is 25.8 Å². The Hall–Kier alpha value is -2.62. The summed E-state index contributed by atoms with van der Waals surface area (Å²) in [5.74, 6) is -0.0730. The Morgan fingerprint density at radius 3 is 2.19 bits per heavy atom. The summed E-state index contributed by atoms with van der Waals surface area (Å²) >= 11 is 0. The lowest BCUT2D eigenvalue weighted by atomic mass is 10.0. The lowest BCUT2D eigenvalue weighted by Crippen LogP contribution is -2.49. The van der Waals surface area contributed by atoms with Gasteiger partial charge in [0, 0.05) is 20.0 Å². The zero-order valence-corrected chi connectivity index (χ0v) is 16.6. The topological polar surface area (TPSA) is 49.4 Å². The Kier molecular flexibility index (Phi) is 8.05. The molecule has 1 atom stereocenters. The van der Waals surface area contributed by atoms with Crippen molar-refractivity contribution < 1.29 is 9.59 Å². The fourth-order valence-corrected chi connectivity index (χ4v) is 3.21. The number of amides is 2. The van der Waals surface area contributed by atoms with Crippen molar-refractivity contribution in [1.29, 1.82) is 0 Å².